The van der Waals surface area contributed by atoms with Gasteiger partial charge in [-0.25, -0.2) is 0 Å². The second-order valence-corrected chi connectivity index (χ2v) is 7.45. The number of aliphatic hydroxyl groups is 3. The molecule has 0 saturated carbocycles. The average Bonchev–Trinajstić information content (AvgIpc) is 2.76. The Morgan fingerprint density at radius 2 is 1.68 bits per heavy atom. The zero-order valence-electron chi connectivity index (χ0n) is 16.1. The second-order valence-electron chi connectivity index (χ2n) is 7.45. The van der Waals surface area contributed by atoms with Crippen molar-refractivity contribution in [3.63, 3.8) is 0 Å². The molecule has 0 radical (unpaired) electrons. The molecule has 0 amide bonds. The van der Waals surface area contributed by atoms with Crippen molar-refractivity contribution in [3.05, 3.63) is 58.1 Å². The highest BCUT2D eigenvalue weighted by atomic mass is 16.7. The van der Waals surface area contributed by atoms with Crippen molar-refractivity contribution < 1.29 is 44.6 Å². The van der Waals surface area contributed by atoms with Crippen LogP contribution in [0.5, 0.6) is 11.5 Å². The van der Waals surface area contributed by atoms with Crippen LogP contribution in [-0.4, -0.2) is 74.3 Å². The van der Waals surface area contributed by atoms with Crippen LogP contribution >= 0.6 is 0 Å². The fraction of sp³-hybridized carbons (Fsp3) is 0.333. The van der Waals surface area contributed by atoms with E-state index in [-0.39, 0.29) is 40.2 Å². The number of hydrogen-bond donors (Lipinski definition) is 6. The first kappa shape index (κ1) is 21.4. The van der Waals surface area contributed by atoms with E-state index < -0.39 is 54.6 Å². The summed E-state index contributed by atoms with van der Waals surface area (Å²) in [6, 6.07) is 5.78. The molecule has 1 fully saturated rings. The monoisotopic (exact) mass is 431 g/mol. The highest BCUT2D eigenvalue weighted by Gasteiger charge is 2.43. The van der Waals surface area contributed by atoms with Crippen LogP contribution in [0.15, 0.2) is 30.3 Å². The number of fused-ring (bicyclic) bond motifs is 2. The Labute approximate surface area is 176 Å². The number of rotatable bonds is 4. The van der Waals surface area contributed by atoms with E-state index in [0.29, 0.717) is 0 Å². The molecule has 1 aliphatic heterocycles. The van der Waals surface area contributed by atoms with Gasteiger partial charge in [-0.3, -0.25) is 9.59 Å². The van der Waals surface area contributed by atoms with Gasteiger partial charge in [-0.15, -0.1) is 0 Å². The first-order valence-corrected chi connectivity index (χ1v) is 9.52. The largest absolute Gasteiger partial charge is 0.507 e. The minimum atomic E-state index is -1.41. The Morgan fingerprint density at radius 1 is 0.968 bits per heavy atom. The van der Waals surface area contributed by atoms with Gasteiger partial charge in [-0.2, -0.15) is 0 Å². The second kappa shape index (κ2) is 8.00. The summed E-state index contributed by atoms with van der Waals surface area (Å²) in [5.41, 5.74) is 5.56. The number of benzene rings is 2. The molecule has 2 aliphatic rings. The maximum atomic E-state index is 12.9. The fourth-order valence-corrected chi connectivity index (χ4v) is 3.83. The number of phenols is 2. The molecule has 10 nitrogen and oxygen atoms in total. The van der Waals surface area contributed by atoms with Crippen molar-refractivity contribution in [3.8, 4) is 11.5 Å². The van der Waals surface area contributed by atoms with Gasteiger partial charge in [0, 0.05) is 16.7 Å². The molecule has 5 atom stereocenters. The average molecular weight is 431 g/mol. The molecule has 4 rings (SSSR count). The lowest BCUT2D eigenvalue weighted by atomic mass is 9.82. The van der Waals surface area contributed by atoms with E-state index in [1.165, 1.54) is 30.3 Å². The first-order valence-electron chi connectivity index (χ1n) is 9.52. The summed E-state index contributed by atoms with van der Waals surface area (Å²) in [6.07, 6.45) is -5.14. The van der Waals surface area contributed by atoms with E-state index in [0.717, 1.165) is 0 Å². The summed E-state index contributed by atoms with van der Waals surface area (Å²) in [4.78, 5) is 25.7. The van der Waals surface area contributed by atoms with Crippen LogP contribution in [0.3, 0.4) is 0 Å². The number of carbonyl (C=O) groups is 2. The Kier molecular flexibility index (Phi) is 5.52. The molecule has 0 bridgehead atoms. The Bertz CT molecular complexity index is 1050. The summed E-state index contributed by atoms with van der Waals surface area (Å²) in [6.45, 7) is -0.887. The molecule has 7 N–H and O–H groups in total. The van der Waals surface area contributed by atoms with Crippen molar-refractivity contribution in [2.24, 2.45) is 5.73 Å². The molecular weight excluding hydrogens is 410 g/mol. The Balaban J connectivity index is 1.61. The van der Waals surface area contributed by atoms with E-state index in [9.17, 15) is 35.1 Å². The molecule has 0 spiro atoms. The zero-order valence-corrected chi connectivity index (χ0v) is 16.1. The van der Waals surface area contributed by atoms with Crippen LogP contribution < -0.4 is 5.73 Å². The van der Waals surface area contributed by atoms with Crippen molar-refractivity contribution in [1.29, 1.82) is 0 Å². The standard InChI is InChI=1S/C21H21NO9/c22-15-20(29)18(27)12(6-23)31-21(15)30-7-8-4-5-10-14(16(8)25)19(28)13-9(17(10)26)2-1-3-11(13)24/h1-5,12,15,18,20-21,23-25,27,29H,6-7,22H2. The topological polar surface area (TPSA) is 180 Å². The van der Waals surface area contributed by atoms with Crippen LogP contribution in [0.1, 0.15) is 37.4 Å². The highest BCUT2D eigenvalue weighted by Crippen LogP contribution is 2.38. The van der Waals surface area contributed by atoms with Gasteiger partial charge in [0.2, 0.25) is 5.78 Å². The summed E-state index contributed by atoms with van der Waals surface area (Å²) >= 11 is 0. The van der Waals surface area contributed by atoms with Gasteiger partial charge in [-0.05, 0) is 12.1 Å². The fourth-order valence-electron chi connectivity index (χ4n) is 3.83. The molecule has 5 unspecified atom stereocenters. The van der Waals surface area contributed by atoms with Crippen molar-refractivity contribution in [2.75, 3.05) is 6.61 Å². The third-order valence-electron chi connectivity index (χ3n) is 5.58. The zero-order chi connectivity index (χ0) is 22.4. The number of ether oxygens (including phenoxy) is 2. The first-order chi connectivity index (χ1) is 14.8. The quantitative estimate of drug-likeness (QED) is 0.305. The number of ketones is 2. The van der Waals surface area contributed by atoms with Crippen LogP contribution in [0.4, 0.5) is 0 Å². The Morgan fingerprint density at radius 3 is 2.39 bits per heavy atom. The third-order valence-corrected chi connectivity index (χ3v) is 5.58. The molecule has 1 heterocycles. The lowest BCUT2D eigenvalue weighted by molar-refractivity contribution is -0.269. The van der Waals surface area contributed by atoms with E-state index in [1.807, 2.05) is 0 Å². The number of nitrogens with two attached hydrogens (primary N) is 1. The molecule has 31 heavy (non-hydrogen) atoms. The number of phenolic OH excluding ortho intramolecular Hbond substituents is 2. The molecule has 164 valence electrons. The predicted molar refractivity (Wildman–Crippen MR) is 104 cm³/mol. The van der Waals surface area contributed by atoms with Gasteiger partial charge in [-0.1, -0.05) is 18.2 Å². The minimum Gasteiger partial charge on any atom is -0.507 e. The molecule has 2 aromatic rings. The van der Waals surface area contributed by atoms with Gasteiger partial charge in [0.15, 0.2) is 12.1 Å². The van der Waals surface area contributed by atoms with Gasteiger partial charge in [0.05, 0.1) is 30.4 Å². The molecule has 0 aromatic heterocycles. The molecule has 1 aliphatic carbocycles. The normalized spacial score (nSPS) is 27.7. The van der Waals surface area contributed by atoms with Gasteiger partial charge >= 0.3 is 0 Å². The Hall–Kier alpha value is -2.86. The van der Waals surface area contributed by atoms with Crippen molar-refractivity contribution >= 4 is 11.6 Å². The number of aromatic hydroxyl groups is 2. The van der Waals surface area contributed by atoms with Gasteiger partial charge in [0.25, 0.3) is 0 Å². The molecular formula is C21H21NO9. The van der Waals surface area contributed by atoms with Crippen molar-refractivity contribution in [1.82, 2.24) is 0 Å². The lowest BCUT2D eigenvalue weighted by Crippen LogP contribution is -2.62. The van der Waals surface area contributed by atoms with Gasteiger partial charge in [0.1, 0.15) is 29.8 Å². The summed E-state index contributed by atoms with van der Waals surface area (Å²) in [5, 5.41) is 49.9. The van der Waals surface area contributed by atoms with E-state index in [2.05, 4.69) is 0 Å². The van der Waals surface area contributed by atoms with E-state index >= 15 is 0 Å². The number of carbonyl (C=O) groups excluding carboxylic acids is 2. The molecule has 10 heteroatoms. The van der Waals surface area contributed by atoms with E-state index in [4.69, 9.17) is 15.2 Å². The minimum absolute atomic E-state index is 0.00569. The van der Waals surface area contributed by atoms with Gasteiger partial charge < -0.3 is 40.7 Å². The van der Waals surface area contributed by atoms with Crippen molar-refractivity contribution in [2.45, 2.75) is 37.3 Å². The van der Waals surface area contributed by atoms with Crippen LogP contribution in [0.25, 0.3) is 0 Å². The van der Waals surface area contributed by atoms with E-state index in [1.54, 1.807) is 0 Å². The molecule has 1 saturated heterocycles. The maximum Gasteiger partial charge on any atom is 0.201 e. The highest BCUT2D eigenvalue weighted by molar-refractivity contribution is 6.30. The van der Waals surface area contributed by atoms with Crippen LogP contribution in [0.2, 0.25) is 0 Å². The number of aliphatic hydroxyl groups excluding tert-OH is 3. The third kappa shape index (κ3) is 3.39. The summed E-state index contributed by atoms with van der Waals surface area (Å²) in [7, 11) is 0. The lowest BCUT2D eigenvalue weighted by Gasteiger charge is -2.40. The predicted octanol–water partition coefficient (Wildman–Crippen LogP) is -0.844. The molecule has 2 aromatic carbocycles. The van der Waals surface area contributed by atoms with Crippen LogP contribution in [-0.2, 0) is 16.1 Å². The maximum absolute atomic E-state index is 12.9. The SMILES string of the molecule is NC1C(OCc2ccc3c(c2O)C(=O)c2c(O)cccc2C3=O)OC(CO)C(O)C1O. The number of hydrogen-bond acceptors (Lipinski definition) is 10. The summed E-state index contributed by atoms with van der Waals surface area (Å²) < 4.78 is 10.9. The smallest absolute Gasteiger partial charge is 0.201 e. The van der Waals surface area contributed by atoms with Crippen LogP contribution in [0, 0.1) is 0 Å². The summed E-state index contributed by atoms with van der Waals surface area (Å²) in [5.74, 6) is -2.07.